The number of hydrogen-bond acceptors (Lipinski definition) is 5. The minimum Gasteiger partial charge on any atom is -0.325 e. The summed E-state index contributed by atoms with van der Waals surface area (Å²) in [6.45, 7) is 1.92. The van der Waals surface area contributed by atoms with E-state index in [1.165, 1.54) is 29.3 Å². The summed E-state index contributed by atoms with van der Waals surface area (Å²) >= 11 is 1.46. The Bertz CT molecular complexity index is 1040. The van der Waals surface area contributed by atoms with Gasteiger partial charge in [-0.15, -0.1) is 10.2 Å². The molecule has 0 bridgehead atoms. The molecule has 0 unspecified atom stereocenters. The molecule has 2 heterocycles. The molecule has 0 aliphatic heterocycles. The minimum atomic E-state index is -0.272. The number of hydrogen-bond donors (Lipinski definition) is 1. The van der Waals surface area contributed by atoms with Crippen LogP contribution in [0.1, 0.15) is 43.4 Å². The number of rotatable bonds is 6. The number of anilines is 1. The van der Waals surface area contributed by atoms with E-state index >= 15 is 0 Å². The van der Waals surface area contributed by atoms with Crippen LogP contribution in [0.2, 0.25) is 0 Å². The van der Waals surface area contributed by atoms with E-state index in [4.69, 9.17) is 0 Å². The Hall–Kier alpha value is -2.67. The van der Waals surface area contributed by atoms with E-state index < -0.39 is 0 Å². The number of pyridine rings is 1. The second kappa shape index (κ2) is 7.63. The van der Waals surface area contributed by atoms with Gasteiger partial charge in [0.2, 0.25) is 5.91 Å². The fourth-order valence-electron chi connectivity index (χ4n) is 3.82. The van der Waals surface area contributed by atoms with Gasteiger partial charge < -0.3 is 5.32 Å². The summed E-state index contributed by atoms with van der Waals surface area (Å²) in [6.07, 6.45) is 9.25. The van der Waals surface area contributed by atoms with Gasteiger partial charge in [0.1, 0.15) is 0 Å². The number of carbonyl (C=O) groups is 1. The zero-order valence-corrected chi connectivity index (χ0v) is 17.2. The third-order valence-electron chi connectivity index (χ3n) is 5.51. The fraction of sp³-hybridized carbons (Fsp3) is 0.364. The number of nitrogens with one attached hydrogen (secondary N) is 1. The Morgan fingerprint density at radius 2 is 2.07 bits per heavy atom. The largest absolute Gasteiger partial charge is 0.325 e. The van der Waals surface area contributed by atoms with Gasteiger partial charge in [-0.2, -0.15) is 0 Å². The second-order valence-corrected chi connectivity index (χ2v) is 9.04. The molecular weight excluding hydrogens is 382 g/mol. The van der Waals surface area contributed by atoms with Crippen molar-refractivity contribution in [2.45, 2.75) is 55.5 Å². The van der Waals surface area contributed by atoms with Crippen molar-refractivity contribution in [1.82, 2.24) is 19.7 Å². The quantitative estimate of drug-likeness (QED) is 0.620. The maximum Gasteiger partial charge on any atom is 0.237 e. The van der Waals surface area contributed by atoms with Gasteiger partial charge in [-0.05, 0) is 74.4 Å². The molecule has 1 aromatic carbocycles. The van der Waals surface area contributed by atoms with Crippen LogP contribution < -0.4 is 5.32 Å². The molecule has 2 aliphatic rings. The smallest absolute Gasteiger partial charge is 0.237 e. The lowest BCUT2D eigenvalue weighted by Crippen LogP contribution is -2.23. The average Bonchev–Trinajstić information content (AvgIpc) is 3.32. The molecule has 1 atom stereocenters. The van der Waals surface area contributed by atoms with Gasteiger partial charge in [0.25, 0.3) is 0 Å². The van der Waals surface area contributed by atoms with Crippen LogP contribution in [-0.2, 0) is 17.6 Å². The summed E-state index contributed by atoms with van der Waals surface area (Å²) < 4.78 is 2.17. The summed E-state index contributed by atoms with van der Waals surface area (Å²) in [4.78, 5) is 17.0. The molecule has 7 heteroatoms. The van der Waals surface area contributed by atoms with Crippen LogP contribution in [0.4, 0.5) is 5.69 Å². The molecule has 0 saturated heterocycles. The summed E-state index contributed by atoms with van der Waals surface area (Å²) in [5, 5.41) is 12.4. The molecule has 0 spiro atoms. The van der Waals surface area contributed by atoms with Gasteiger partial charge in [-0.3, -0.25) is 14.3 Å². The topological polar surface area (TPSA) is 72.7 Å². The van der Waals surface area contributed by atoms with Crippen molar-refractivity contribution >= 4 is 23.4 Å². The first-order valence-electron chi connectivity index (χ1n) is 10.1. The highest BCUT2D eigenvalue weighted by Gasteiger charge is 2.31. The van der Waals surface area contributed by atoms with Gasteiger partial charge >= 0.3 is 0 Å². The lowest BCUT2D eigenvalue weighted by Gasteiger charge is -2.14. The Kier molecular flexibility index (Phi) is 4.83. The molecule has 148 valence electrons. The fourth-order valence-corrected chi connectivity index (χ4v) is 4.74. The van der Waals surface area contributed by atoms with Crippen molar-refractivity contribution in [3.05, 3.63) is 53.9 Å². The first-order valence-corrected chi connectivity index (χ1v) is 11.0. The van der Waals surface area contributed by atoms with E-state index in [0.29, 0.717) is 6.04 Å². The predicted molar refractivity (Wildman–Crippen MR) is 114 cm³/mol. The van der Waals surface area contributed by atoms with Gasteiger partial charge in [0.05, 0.1) is 5.25 Å². The standard InChI is InChI=1S/C22H23N5OS/c1-14(21(28)24-18-8-7-15-4-2-5-16(15)12-18)29-22-26-25-20(27(22)19-9-10-19)17-6-3-11-23-13-17/h3,6-8,11-14,19H,2,4-5,9-10H2,1H3,(H,24,28)/t14-/m0/s1. The highest BCUT2D eigenvalue weighted by Crippen LogP contribution is 2.41. The van der Waals surface area contributed by atoms with E-state index in [0.717, 1.165) is 47.9 Å². The zero-order valence-electron chi connectivity index (χ0n) is 16.3. The lowest BCUT2D eigenvalue weighted by molar-refractivity contribution is -0.115. The van der Waals surface area contributed by atoms with E-state index in [2.05, 4.69) is 37.2 Å². The SMILES string of the molecule is C[C@H](Sc1nnc(-c2cccnc2)n1C1CC1)C(=O)Nc1ccc2c(c1)CCC2. The van der Waals surface area contributed by atoms with Crippen molar-refractivity contribution in [2.24, 2.45) is 0 Å². The molecule has 3 aromatic rings. The van der Waals surface area contributed by atoms with E-state index in [1.54, 1.807) is 12.4 Å². The highest BCUT2D eigenvalue weighted by molar-refractivity contribution is 8.00. The number of aromatic nitrogens is 4. The van der Waals surface area contributed by atoms with Crippen LogP contribution in [-0.4, -0.2) is 30.9 Å². The Morgan fingerprint density at radius 3 is 2.86 bits per heavy atom. The van der Waals surface area contributed by atoms with Crippen LogP contribution in [0.5, 0.6) is 0 Å². The summed E-state index contributed by atoms with van der Waals surface area (Å²) in [5.41, 5.74) is 4.60. The number of benzene rings is 1. The van der Waals surface area contributed by atoms with Gasteiger partial charge in [-0.25, -0.2) is 0 Å². The van der Waals surface area contributed by atoms with Crippen molar-refractivity contribution in [3.63, 3.8) is 0 Å². The first-order chi connectivity index (χ1) is 14.2. The summed E-state index contributed by atoms with van der Waals surface area (Å²) in [6, 6.07) is 10.6. The molecular formula is C22H23N5OS. The normalized spacial score (nSPS) is 16.4. The molecule has 1 N–H and O–H groups in total. The minimum absolute atomic E-state index is 0.0128. The van der Waals surface area contributed by atoms with E-state index in [-0.39, 0.29) is 11.2 Å². The van der Waals surface area contributed by atoms with Crippen molar-refractivity contribution in [2.75, 3.05) is 5.32 Å². The number of carbonyl (C=O) groups excluding carboxylic acids is 1. The highest BCUT2D eigenvalue weighted by atomic mass is 32.2. The molecule has 0 radical (unpaired) electrons. The van der Waals surface area contributed by atoms with E-state index in [9.17, 15) is 4.79 Å². The van der Waals surface area contributed by atoms with Gasteiger partial charge in [-0.1, -0.05) is 17.8 Å². The number of nitrogens with zero attached hydrogens (tertiary/aromatic N) is 4. The van der Waals surface area contributed by atoms with Crippen LogP contribution in [0.25, 0.3) is 11.4 Å². The molecule has 29 heavy (non-hydrogen) atoms. The Balaban J connectivity index is 1.32. The van der Waals surface area contributed by atoms with Gasteiger partial charge in [0, 0.05) is 29.7 Å². The molecule has 2 aromatic heterocycles. The zero-order chi connectivity index (χ0) is 19.8. The Morgan fingerprint density at radius 1 is 1.21 bits per heavy atom. The molecule has 2 aliphatic carbocycles. The summed E-state index contributed by atoms with van der Waals surface area (Å²) in [5.74, 6) is 0.815. The third-order valence-corrected chi connectivity index (χ3v) is 6.57. The molecule has 1 fully saturated rings. The predicted octanol–water partition coefficient (Wildman–Crippen LogP) is 4.28. The van der Waals surface area contributed by atoms with Crippen molar-refractivity contribution < 1.29 is 4.79 Å². The van der Waals surface area contributed by atoms with Crippen molar-refractivity contribution in [1.29, 1.82) is 0 Å². The molecule has 5 rings (SSSR count). The van der Waals surface area contributed by atoms with Crippen LogP contribution in [0.15, 0.2) is 47.9 Å². The maximum absolute atomic E-state index is 12.8. The molecule has 6 nitrogen and oxygen atoms in total. The van der Waals surface area contributed by atoms with E-state index in [1.807, 2.05) is 25.1 Å². The number of thioether (sulfide) groups is 1. The average molecular weight is 406 g/mol. The lowest BCUT2D eigenvalue weighted by atomic mass is 10.1. The Labute approximate surface area is 174 Å². The molecule has 1 amide bonds. The summed E-state index contributed by atoms with van der Waals surface area (Å²) in [7, 11) is 0. The monoisotopic (exact) mass is 405 g/mol. The first kappa shape index (κ1) is 18.4. The van der Waals surface area contributed by atoms with Crippen molar-refractivity contribution in [3.8, 4) is 11.4 Å². The number of amides is 1. The number of fused-ring (bicyclic) bond motifs is 1. The molecule has 1 saturated carbocycles. The van der Waals surface area contributed by atoms with Crippen LogP contribution in [0.3, 0.4) is 0 Å². The third kappa shape index (κ3) is 3.79. The van der Waals surface area contributed by atoms with Crippen LogP contribution in [0, 0.1) is 0 Å². The van der Waals surface area contributed by atoms with Gasteiger partial charge in [0.15, 0.2) is 11.0 Å². The number of aryl methyl sites for hydroxylation is 2. The maximum atomic E-state index is 12.8. The van der Waals surface area contributed by atoms with Crippen LogP contribution >= 0.6 is 11.8 Å². The second-order valence-electron chi connectivity index (χ2n) is 7.74.